The third kappa shape index (κ3) is 3.58. The monoisotopic (exact) mass is 354 g/mol. The Morgan fingerprint density at radius 1 is 1.04 bits per heavy atom. The number of rotatable bonds is 5. The van der Waals surface area contributed by atoms with Gasteiger partial charge >= 0.3 is 0 Å². The van der Waals surface area contributed by atoms with Gasteiger partial charge in [-0.15, -0.1) is 0 Å². The molecular formula is C14H26O10. The third-order valence-electron chi connectivity index (χ3n) is 4.60. The molecular weight excluding hydrogens is 328 g/mol. The van der Waals surface area contributed by atoms with Crippen LogP contribution in [0.1, 0.15) is 6.92 Å². The van der Waals surface area contributed by atoms with Gasteiger partial charge in [-0.05, 0) is 0 Å². The van der Waals surface area contributed by atoms with Crippen LogP contribution in [-0.2, 0) is 18.9 Å². The first-order valence-corrected chi connectivity index (χ1v) is 7.68. The van der Waals surface area contributed by atoms with E-state index in [2.05, 4.69) is 0 Å². The number of aliphatic hydroxyl groups excluding tert-OH is 6. The van der Waals surface area contributed by atoms with Crippen LogP contribution in [0.4, 0.5) is 0 Å². The molecule has 0 aromatic rings. The Hall–Kier alpha value is -0.400. The van der Waals surface area contributed by atoms with Crippen molar-refractivity contribution in [3.8, 4) is 0 Å². The molecule has 0 aliphatic carbocycles. The van der Waals surface area contributed by atoms with Crippen molar-refractivity contribution in [3.05, 3.63) is 0 Å². The summed E-state index contributed by atoms with van der Waals surface area (Å²) in [7, 11) is 1.27. The zero-order chi connectivity index (χ0) is 18.1. The standard InChI is InChI=1S/C14H26O10/c1-14(4-16)5-22-13(9(19)11(14)20)24-10-6(3-15)23-12(21-2)8(18)7(10)17/h6-13,15-20H,3-5H2,1-2H3/t6-,7?,8?,9?,10+,11+,12+,13-,14-/m0/s1. The fourth-order valence-corrected chi connectivity index (χ4v) is 2.85. The zero-order valence-corrected chi connectivity index (χ0v) is 13.6. The van der Waals surface area contributed by atoms with Crippen LogP contribution in [0.25, 0.3) is 0 Å². The second-order valence-corrected chi connectivity index (χ2v) is 6.47. The zero-order valence-electron chi connectivity index (χ0n) is 13.6. The smallest absolute Gasteiger partial charge is 0.186 e. The van der Waals surface area contributed by atoms with Crippen molar-refractivity contribution in [1.29, 1.82) is 0 Å². The molecule has 0 amide bonds. The van der Waals surface area contributed by atoms with Crippen LogP contribution < -0.4 is 0 Å². The van der Waals surface area contributed by atoms with Crippen molar-refractivity contribution >= 4 is 0 Å². The van der Waals surface area contributed by atoms with Crippen molar-refractivity contribution in [2.45, 2.75) is 56.1 Å². The summed E-state index contributed by atoms with van der Waals surface area (Å²) in [6, 6.07) is 0. The fraction of sp³-hybridized carbons (Fsp3) is 1.00. The van der Waals surface area contributed by atoms with Crippen LogP contribution in [0.15, 0.2) is 0 Å². The van der Waals surface area contributed by atoms with Gasteiger partial charge in [-0.25, -0.2) is 0 Å². The van der Waals surface area contributed by atoms with Gasteiger partial charge in [0, 0.05) is 12.5 Å². The second kappa shape index (κ2) is 7.87. The molecule has 10 nitrogen and oxygen atoms in total. The SMILES string of the molecule is CO[C@@H]1O[C@@H](CO)[C@@H](O[C@@H]2OC[C@](C)(CO)[C@H](O)C2O)C(O)C1O. The molecule has 0 aromatic heterocycles. The highest BCUT2D eigenvalue weighted by atomic mass is 16.7. The molecule has 0 saturated carbocycles. The minimum absolute atomic E-state index is 0.0941. The van der Waals surface area contributed by atoms with Gasteiger partial charge < -0.3 is 49.6 Å². The van der Waals surface area contributed by atoms with E-state index in [0.29, 0.717) is 0 Å². The van der Waals surface area contributed by atoms with Gasteiger partial charge in [-0.1, -0.05) is 6.92 Å². The molecule has 2 heterocycles. The fourth-order valence-electron chi connectivity index (χ4n) is 2.85. The Bertz CT molecular complexity index is 407. The van der Waals surface area contributed by atoms with E-state index < -0.39 is 67.8 Å². The lowest BCUT2D eigenvalue weighted by atomic mass is 9.81. The molecule has 6 N–H and O–H groups in total. The van der Waals surface area contributed by atoms with E-state index in [1.54, 1.807) is 6.92 Å². The van der Waals surface area contributed by atoms with Crippen LogP contribution >= 0.6 is 0 Å². The molecule has 3 unspecified atom stereocenters. The summed E-state index contributed by atoms with van der Waals surface area (Å²) < 4.78 is 21.0. The second-order valence-electron chi connectivity index (χ2n) is 6.47. The van der Waals surface area contributed by atoms with Crippen LogP contribution in [0.2, 0.25) is 0 Å². The number of aliphatic hydroxyl groups is 6. The molecule has 2 rings (SSSR count). The third-order valence-corrected chi connectivity index (χ3v) is 4.60. The van der Waals surface area contributed by atoms with E-state index in [1.165, 1.54) is 7.11 Å². The summed E-state index contributed by atoms with van der Waals surface area (Å²) in [5.74, 6) is 0. The maximum Gasteiger partial charge on any atom is 0.186 e. The molecule has 0 bridgehead atoms. The van der Waals surface area contributed by atoms with E-state index >= 15 is 0 Å². The predicted molar refractivity (Wildman–Crippen MR) is 76.6 cm³/mol. The van der Waals surface area contributed by atoms with Crippen LogP contribution in [-0.4, -0.2) is 107 Å². The van der Waals surface area contributed by atoms with Gasteiger partial charge in [0.2, 0.25) is 0 Å². The molecule has 9 atom stereocenters. The van der Waals surface area contributed by atoms with E-state index in [0.717, 1.165) is 0 Å². The summed E-state index contributed by atoms with van der Waals surface area (Å²) in [6.45, 7) is 0.511. The molecule has 0 spiro atoms. The number of hydrogen-bond acceptors (Lipinski definition) is 10. The number of methoxy groups -OCH3 is 1. The molecule has 2 fully saturated rings. The van der Waals surface area contributed by atoms with Crippen molar-refractivity contribution in [2.75, 3.05) is 26.9 Å². The lowest BCUT2D eigenvalue weighted by molar-refractivity contribution is -0.350. The Balaban J connectivity index is 2.09. The van der Waals surface area contributed by atoms with E-state index in [1.807, 2.05) is 0 Å². The largest absolute Gasteiger partial charge is 0.396 e. The summed E-state index contributed by atoms with van der Waals surface area (Å²) in [4.78, 5) is 0. The molecule has 142 valence electrons. The van der Waals surface area contributed by atoms with Gasteiger partial charge in [0.25, 0.3) is 0 Å². The van der Waals surface area contributed by atoms with Crippen molar-refractivity contribution in [2.24, 2.45) is 5.41 Å². The van der Waals surface area contributed by atoms with Crippen molar-refractivity contribution in [1.82, 2.24) is 0 Å². The lowest BCUT2D eigenvalue weighted by Crippen LogP contribution is -2.64. The Kier molecular flexibility index (Phi) is 6.53. The van der Waals surface area contributed by atoms with Gasteiger partial charge in [-0.2, -0.15) is 0 Å². The highest BCUT2D eigenvalue weighted by Crippen LogP contribution is 2.33. The van der Waals surface area contributed by atoms with Gasteiger partial charge in [0.15, 0.2) is 12.6 Å². The summed E-state index contributed by atoms with van der Waals surface area (Å²) in [5.41, 5.74) is -1.06. The highest BCUT2D eigenvalue weighted by Gasteiger charge is 2.51. The quantitative estimate of drug-likeness (QED) is 0.293. The minimum Gasteiger partial charge on any atom is -0.396 e. The van der Waals surface area contributed by atoms with Crippen molar-refractivity contribution < 1.29 is 49.6 Å². The first kappa shape index (κ1) is 19.9. The highest BCUT2D eigenvalue weighted by molar-refractivity contribution is 4.95. The average molecular weight is 354 g/mol. The molecule has 0 aromatic carbocycles. The Morgan fingerprint density at radius 3 is 2.25 bits per heavy atom. The van der Waals surface area contributed by atoms with E-state index in [4.69, 9.17) is 18.9 Å². The van der Waals surface area contributed by atoms with Crippen LogP contribution in [0, 0.1) is 5.41 Å². The Morgan fingerprint density at radius 2 is 1.71 bits per heavy atom. The molecule has 2 saturated heterocycles. The first-order chi connectivity index (χ1) is 11.3. The van der Waals surface area contributed by atoms with Crippen LogP contribution in [0.3, 0.4) is 0 Å². The topological polar surface area (TPSA) is 158 Å². The number of hydrogen-bond donors (Lipinski definition) is 6. The molecule has 0 radical (unpaired) electrons. The molecule has 2 aliphatic heterocycles. The first-order valence-electron chi connectivity index (χ1n) is 7.68. The summed E-state index contributed by atoms with van der Waals surface area (Å²) >= 11 is 0. The van der Waals surface area contributed by atoms with Crippen LogP contribution in [0.5, 0.6) is 0 Å². The summed E-state index contributed by atoms with van der Waals surface area (Å²) in [6.07, 6.45) is -10.5. The summed E-state index contributed by atoms with van der Waals surface area (Å²) in [5, 5.41) is 59.2. The molecule has 10 heteroatoms. The maximum absolute atomic E-state index is 10.2. The maximum atomic E-state index is 10.2. The van der Waals surface area contributed by atoms with Crippen molar-refractivity contribution in [3.63, 3.8) is 0 Å². The molecule has 24 heavy (non-hydrogen) atoms. The van der Waals surface area contributed by atoms with Gasteiger partial charge in [0.05, 0.1) is 25.9 Å². The van der Waals surface area contributed by atoms with E-state index in [-0.39, 0.29) is 6.61 Å². The molecule has 2 aliphatic rings. The normalized spacial score (nSPS) is 50.0. The minimum atomic E-state index is -1.50. The number of ether oxygens (including phenoxy) is 4. The van der Waals surface area contributed by atoms with E-state index in [9.17, 15) is 30.6 Å². The lowest BCUT2D eigenvalue weighted by Gasteiger charge is -2.47. The van der Waals surface area contributed by atoms with Gasteiger partial charge in [-0.3, -0.25) is 0 Å². The Labute approximate surface area is 139 Å². The van der Waals surface area contributed by atoms with Gasteiger partial charge in [0.1, 0.15) is 30.5 Å². The predicted octanol–water partition coefficient (Wildman–Crippen LogP) is -3.47. The average Bonchev–Trinajstić information content (AvgIpc) is 2.59.